The third-order valence-corrected chi connectivity index (χ3v) is 8.74. The molecular formula is C31H29ClN2O2S. The predicted octanol–water partition coefficient (Wildman–Crippen LogP) is 6.45. The van der Waals surface area contributed by atoms with Crippen LogP contribution in [0, 0.1) is 0 Å². The van der Waals surface area contributed by atoms with E-state index < -0.39 is 9.84 Å². The summed E-state index contributed by atoms with van der Waals surface area (Å²) in [5.41, 5.74) is 11.5. The van der Waals surface area contributed by atoms with Crippen molar-refractivity contribution in [3.63, 3.8) is 0 Å². The lowest BCUT2D eigenvalue weighted by Crippen LogP contribution is -2.18. The molecule has 0 radical (unpaired) electrons. The van der Waals surface area contributed by atoms with Crippen molar-refractivity contribution in [2.24, 2.45) is 5.73 Å². The number of nitrogens with zero attached hydrogens (tertiary/aromatic N) is 1. The van der Waals surface area contributed by atoms with Crippen molar-refractivity contribution in [3.05, 3.63) is 137 Å². The molecule has 37 heavy (non-hydrogen) atoms. The molecule has 0 bridgehead atoms. The number of fused-ring (bicyclic) bond motifs is 1. The number of benzene rings is 4. The zero-order valence-electron chi connectivity index (χ0n) is 20.4. The second-order valence-corrected chi connectivity index (χ2v) is 11.6. The quantitative estimate of drug-likeness (QED) is 0.239. The van der Waals surface area contributed by atoms with E-state index in [0.29, 0.717) is 29.3 Å². The Bertz CT molecular complexity index is 1560. The number of hydrogen-bond donors (Lipinski definition) is 1. The van der Waals surface area contributed by atoms with E-state index in [1.807, 2.05) is 60.7 Å². The van der Waals surface area contributed by atoms with Crippen LogP contribution in [0.3, 0.4) is 0 Å². The predicted molar refractivity (Wildman–Crippen MR) is 152 cm³/mol. The molecule has 0 aliphatic rings. The maximum atomic E-state index is 13.2. The first-order chi connectivity index (χ1) is 18.0. The van der Waals surface area contributed by atoms with Gasteiger partial charge in [0.05, 0.1) is 16.7 Å². The highest BCUT2D eigenvalue weighted by atomic mass is 35.5. The number of aryl methyl sites for hydroxylation is 1. The number of halogens is 1. The van der Waals surface area contributed by atoms with Crippen LogP contribution in [-0.2, 0) is 22.7 Å². The van der Waals surface area contributed by atoms with Gasteiger partial charge in [-0.05, 0) is 60.0 Å². The fraction of sp³-hybridized carbons (Fsp3) is 0.161. The first-order valence-electron chi connectivity index (χ1n) is 12.4. The third-order valence-electron chi connectivity index (χ3n) is 6.78. The molecule has 6 heteroatoms. The van der Waals surface area contributed by atoms with Gasteiger partial charge in [0.15, 0.2) is 9.84 Å². The van der Waals surface area contributed by atoms with Crippen LogP contribution in [0.25, 0.3) is 10.9 Å². The molecule has 188 valence electrons. The van der Waals surface area contributed by atoms with E-state index >= 15 is 0 Å². The van der Waals surface area contributed by atoms with Gasteiger partial charge in [0.25, 0.3) is 0 Å². The van der Waals surface area contributed by atoms with Crippen LogP contribution >= 0.6 is 11.6 Å². The number of sulfone groups is 1. The average Bonchev–Trinajstić information content (AvgIpc) is 3.21. The van der Waals surface area contributed by atoms with Crippen LogP contribution in [0.1, 0.15) is 28.4 Å². The molecule has 2 N–H and O–H groups in total. The summed E-state index contributed by atoms with van der Waals surface area (Å²) >= 11 is 6.48. The van der Waals surface area contributed by atoms with Crippen molar-refractivity contribution < 1.29 is 8.42 Å². The smallest absolute Gasteiger partial charge is 0.178 e. The Morgan fingerprint density at radius 3 is 1.89 bits per heavy atom. The van der Waals surface area contributed by atoms with E-state index in [2.05, 4.69) is 28.8 Å². The summed E-state index contributed by atoms with van der Waals surface area (Å²) in [6.07, 6.45) is 0.982. The molecule has 0 saturated heterocycles. The molecule has 1 aromatic heterocycles. The summed E-state index contributed by atoms with van der Waals surface area (Å²) in [6.45, 7) is 0.443. The van der Waals surface area contributed by atoms with E-state index in [0.717, 1.165) is 33.3 Å². The standard InChI is InChI=1S/C31H29ClN2O2S/c32-25-16-17-29-28(22-25)27(19-21-37(35,36)26-14-8-3-9-15-26)30(18-20-33)34(29)31(23-10-4-1-5-11-23)24-12-6-2-7-13-24/h1-17,22,31H,18-21,33H2. The van der Waals surface area contributed by atoms with Gasteiger partial charge in [0, 0.05) is 28.0 Å². The highest BCUT2D eigenvalue weighted by Crippen LogP contribution is 2.37. The van der Waals surface area contributed by atoms with Gasteiger partial charge in [-0.15, -0.1) is 0 Å². The van der Waals surface area contributed by atoms with Crippen LogP contribution in [0.5, 0.6) is 0 Å². The van der Waals surface area contributed by atoms with Crippen LogP contribution in [-0.4, -0.2) is 25.3 Å². The first-order valence-corrected chi connectivity index (χ1v) is 14.4. The van der Waals surface area contributed by atoms with E-state index in [4.69, 9.17) is 17.3 Å². The Morgan fingerprint density at radius 2 is 1.32 bits per heavy atom. The largest absolute Gasteiger partial charge is 0.333 e. The molecule has 1 heterocycles. The number of aromatic nitrogens is 1. The monoisotopic (exact) mass is 528 g/mol. The Labute approximate surface area is 223 Å². The minimum Gasteiger partial charge on any atom is -0.333 e. The molecule has 4 nitrogen and oxygen atoms in total. The highest BCUT2D eigenvalue weighted by molar-refractivity contribution is 7.91. The van der Waals surface area contributed by atoms with Crippen LogP contribution in [0.15, 0.2) is 114 Å². The molecule has 0 aliphatic heterocycles. The van der Waals surface area contributed by atoms with Crippen LogP contribution in [0.2, 0.25) is 5.02 Å². The Balaban J connectivity index is 1.71. The average molecular weight is 529 g/mol. The van der Waals surface area contributed by atoms with Gasteiger partial charge in [-0.25, -0.2) is 8.42 Å². The molecule has 5 aromatic rings. The van der Waals surface area contributed by atoms with E-state index in [1.54, 1.807) is 24.3 Å². The van der Waals surface area contributed by atoms with Gasteiger partial charge in [-0.2, -0.15) is 0 Å². The maximum Gasteiger partial charge on any atom is 0.178 e. The summed E-state index contributed by atoms with van der Waals surface area (Å²) in [5, 5.41) is 1.59. The van der Waals surface area contributed by atoms with Gasteiger partial charge in [-0.1, -0.05) is 90.5 Å². The second kappa shape index (κ2) is 10.9. The normalized spacial score (nSPS) is 11.9. The summed E-state index contributed by atoms with van der Waals surface area (Å²) in [6, 6.07) is 35.1. The fourth-order valence-electron chi connectivity index (χ4n) is 5.13. The number of rotatable bonds is 9. The summed E-state index contributed by atoms with van der Waals surface area (Å²) in [7, 11) is -3.46. The minimum atomic E-state index is -3.46. The van der Waals surface area contributed by atoms with Crippen molar-refractivity contribution in [3.8, 4) is 0 Å². The lowest BCUT2D eigenvalue weighted by atomic mass is 9.97. The summed E-state index contributed by atoms with van der Waals surface area (Å²) in [4.78, 5) is 0.337. The van der Waals surface area contributed by atoms with Crippen molar-refractivity contribution >= 4 is 32.3 Å². The van der Waals surface area contributed by atoms with Crippen molar-refractivity contribution in [2.75, 3.05) is 12.3 Å². The molecule has 0 aliphatic carbocycles. The van der Waals surface area contributed by atoms with E-state index in [-0.39, 0.29) is 11.8 Å². The van der Waals surface area contributed by atoms with E-state index in [1.165, 1.54) is 0 Å². The first kappa shape index (κ1) is 25.3. The molecule has 0 saturated carbocycles. The molecule has 0 atom stereocenters. The zero-order chi connectivity index (χ0) is 25.8. The Hall–Kier alpha value is -3.38. The van der Waals surface area contributed by atoms with Crippen LogP contribution < -0.4 is 5.73 Å². The van der Waals surface area contributed by atoms with Crippen molar-refractivity contribution in [2.45, 2.75) is 23.8 Å². The Kier molecular flexibility index (Phi) is 7.47. The molecule has 0 spiro atoms. The van der Waals surface area contributed by atoms with Crippen LogP contribution in [0.4, 0.5) is 0 Å². The van der Waals surface area contributed by atoms with Crippen molar-refractivity contribution in [1.29, 1.82) is 0 Å². The molecule has 5 rings (SSSR count). The number of hydrogen-bond acceptors (Lipinski definition) is 3. The van der Waals surface area contributed by atoms with Gasteiger partial charge in [0.2, 0.25) is 0 Å². The molecule has 0 amide bonds. The van der Waals surface area contributed by atoms with Gasteiger partial charge in [0.1, 0.15) is 0 Å². The molecule has 4 aromatic carbocycles. The minimum absolute atomic E-state index is 0.00154. The highest BCUT2D eigenvalue weighted by Gasteiger charge is 2.26. The SMILES string of the molecule is NCCc1c(CCS(=O)(=O)c2ccccc2)c2cc(Cl)ccc2n1C(c1ccccc1)c1ccccc1. The number of nitrogens with two attached hydrogens (primary N) is 1. The lowest BCUT2D eigenvalue weighted by molar-refractivity contribution is 0.595. The van der Waals surface area contributed by atoms with Crippen molar-refractivity contribution in [1.82, 2.24) is 4.57 Å². The Morgan fingerprint density at radius 1 is 0.757 bits per heavy atom. The molecule has 0 fully saturated rings. The molecular weight excluding hydrogens is 500 g/mol. The van der Waals surface area contributed by atoms with Gasteiger partial charge < -0.3 is 10.3 Å². The lowest BCUT2D eigenvalue weighted by Gasteiger charge is -2.25. The second-order valence-electron chi connectivity index (χ2n) is 9.10. The third kappa shape index (κ3) is 5.21. The van der Waals surface area contributed by atoms with Gasteiger partial charge in [-0.3, -0.25) is 0 Å². The topological polar surface area (TPSA) is 65.1 Å². The summed E-state index contributed by atoms with van der Waals surface area (Å²) in [5.74, 6) is 0.00154. The zero-order valence-corrected chi connectivity index (χ0v) is 22.0. The van der Waals surface area contributed by atoms with E-state index in [9.17, 15) is 8.42 Å². The van der Waals surface area contributed by atoms with Gasteiger partial charge >= 0.3 is 0 Å². The maximum absolute atomic E-state index is 13.2. The fourth-order valence-corrected chi connectivity index (χ4v) is 6.58. The molecule has 0 unspecified atom stereocenters. The summed E-state index contributed by atoms with van der Waals surface area (Å²) < 4.78 is 28.7.